The molecule has 2 aliphatic heterocycles. The van der Waals surface area contributed by atoms with Gasteiger partial charge in [-0.05, 0) is 42.7 Å². The number of benzene rings is 2. The van der Waals surface area contributed by atoms with Gasteiger partial charge < -0.3 is 4.90 Å². The first-order valence-electron chi connectivity index (χ1n) is 11.3. The molecule has 0 aliphatic carbocycles. The Balaban J connectivity index is 0.00000149. The molecule has 0 aromatic heterocycles. The van der Waals surface area contributed by atoms with Crippen LogP contribution in [0.1, 0.15) is 50.7 Å². The average molecular weight is 553 g/mol. The molecule has 2 aromatic carbocycles. The summed E-state index contributed by atoms with van der Waals surface area (Å²) in [4.78, 5) is 27.8. The van der Waals surface area contributed by atoms with Gasteiger partial charge in [-0.1, -0.05) is 77.6 Å². The fourth-order valence-corrected chi connectivity index (χ4v) is 4.60. The first-order chi connectivity index (χ1) is 15.9. The molecular weight excluding hydrogens is 525 g/mol. The van der Waals surface area contributed by atoms with Crippen LogP contribution < -0.4 is 0 Å². The molecule has 0 radical (unpaired) electrons. The largest absolute Gasteiger partial charge is 0.332 e. The Labute approximate surface area is 213 Å². The number of hydrazone groups is 1. The van der Waals surface area contributed by atoms with Crippen molar-refractivity contribution in [1.82, 2.24) is 9.91 Å². The predicted octanol–water partition coefficient (Wildman–Crippen LogP) is 6.34. The monoisotopic (exact) mass is 551 g/mol. The summed E-state index contributed by atoms with van der Waals surface area (Å²) in [6, 6.07) is 12.7. The van der Waals surface area contributed by atoms with E-state index in [1.807, 2.05) is 43.0 Å². The summed E-state index contributed by atoms with van der Waals surface area (Å²) in [7, 11) is 0. The van der Waals surface area contributed by atoms with Gasteiger partial charge in [-0.15, -0.1) is 0 Å². The second-order valence-electron chi connectivity index (χ2n) is 7.81. The van der Waals surface area contributed by atoms with Crippen LogP contribution in [0.2, 0.25) is 10.0 Å². The summed E-state index contributed by atoms with van der Waals surface area (Å²) >= 11 is 15.5. The highest BCUT2D eigenvalue weighted by molar-refractivity contribution is 9.10. The summed E-state index contributed by atoms with van der Waals surface area (Å²) in [5.41, 5.74) is 2.44. The van der Waals surface area contributed by atoms with E-state index in [9.17, 15) is 9.59 Å². The molecule has 0 saturated carbocycles. The lowest BCUT2D eigenvalue weighted by molar-refractivity contribution is -0.134. The minimum atomic E-state index is -0.246. The highest BCUT2D eigenvalue weighted by Crippen LogP contribution is 2.26. The normalized spacial score (nSPS) is 18.4. The summed E-state index contributed by atoms with van der Waals surface area (Å²) < 4.78 is 0.963. The molecule has 5 nitrogen and oxygen atoms in total. The van der Waals surface area contributed by atoms with Crippen LogP contribution in [0.5, 0.6) is 0 Å². The number of hydrogen-bond donors (Lipinski definition) is 0. The molecule has 0 spiro atoms. The maximum Gasteiger partial charge on any atom is 0.247 e. The van der Waals surface area contributed by atoms with Crippen LogP contribution in [0.25, 0.3) is 0 Å². The van der Waals surface area contributed by atoms with Gasteiger partial charge in [0.2, 0.25) is 11.8 Å². The zero-order chi connectivity index (χ0) is 24.0. The SMILES string of the molecule is CC.O=C(Cc1ccc(Cl)c(Cl)c1)N1CC(N2CCCCCC2=O)C(c2ccc(Br)cc2)=N1. The fourth-order valence-electron chi connectivity index (χ4n) is 4.01. The van der Waals surface area contributed by atoms with E-state index in [0.29, 0.717) is 29.6 Å². The van der Waals surface area contributed by atoms with Gasteiger partial charge in [-0.25, -0.2) is 5.01 Å². The average Bonchev–Trinajstić information content (AvgIpc) is 3.14. The topological polar surface area (TPSA) is 53.0 Å². The Bertz CT molecular complexity index is 1030. The number of rotatable bonds is 4. The van der Waals surface area contributed by atoms with Crippen LogP contribution in [0.3, 0.4) is 0 Å². The second-order valence-corrected chi connectivity index (χ2v) is 9.54. The van der Waals surface area contributed by atoms with Crippen LogP contribution in [0.15, 0.2) is 52.0 Å². The van der Waals surface area contributed by atoms with Gasteiger partial charge >= 0.3 is 0 Å². The first-order valence-corrected chi connectivity index (χ1v) is 12.9. The molecule has 176 valence electrons. The van der Waals surface area contributed by atoms with Crippen molar-refractivity contribution in [2.24, 2.45) is 5.10 Å². The van der Waals surface area contributed by atoms with E-state index in [2.05, 4.69) is 21.0 Å². The predicted molar refractivity (Wildman–Crippen MR) is 138 cm³/mol. The first kappa shape index (κ1) is 25.7. The summed E-state index contributed by atoms with van der Waals surface area (Å²) in [6.07, 6.45) is 3.62. The van der Waals surface area contributed by atoms with E-state index < -0.39 is 0 Å². The highest BCUT2D eigenvalue weighted by atomic mass is 79.9. The van der Waals surface area contributed by atoms with Crippen molar-refractivity contribution in [1.29, 1.82) is 0 Å². The highest BCUT2D eigenvalue weighted by Gasteiger charge is 2.37. The van der Waals surface area contributed by atoms with Gasteiger partial charge in [0, 0.05) is 23.0 Å². The van der Waals surface area contributed by atoms with Crippen LogP contribution in [-0.2, 0) is 16.0 Å². The van der Waals surface area contributed by atoms with Crippen molar-refractivity contribution in [3.63, 3.8) is 0 Å². The summed E-state index contributed by atoms with van der Waals surface area (Å²) in [5.74, 6) is -0.0103. The van der Waals surface area contributed by atoms with E-state index in [1.165, 1.54) is 5.01 Å². The van der Waals surface area contributed by atoms with Crippen LogP contribution in [-0.4, -0.2) is 46.6 Å². The number of carbonyl (C=O) groups is 2. The maximum absolute atomic E-state index is 13.1. The number of nitrogens with zero attached hydrogens (tertiary/aromatic N) is 3. The third-order valence-electron chi connectivity index (χ3n) is 5.64. The number of hydrogen-bond acceptors (Lipinski definition) is 3. The Morgan fingerprint density at radius 1 is 1.06 bits per heavy atom. The van der Waals surface area contributed by atoms with E-state index >= 15 is 0 Å². The van der Waals surface area contributed by atoms with Crippen molar-refractivity contribution in [3.05, 3.63) is 68.1 Å². The van der Waals surface area contributed by atoms with E-state index in [4.69, 9.17) is 23.2 Å². The number of halogens is 3. The van der Waals surface area contributed by atoms with Crippen molar-refractivity contribution < 1.29 is 9.59 Å². The second kappa shape index (κ2) is 12.0. The Morgan fingerprint density at radius 2 is 1.79 bits per heavy atom. The van der Waals surface area contributed by atoms with Crippen LogP contribution >= 0.6 is 39.1 Å². The molecule has 2 aliphatic rings. The third kappa shape index (κ3) is 6.37. The van der Waals surface area contributed by atoms with E-state index in [1.54, 1.807) is 18.2 Å². The van der Waals surface area contributed by atoms with Crippen LogP contribution in [0, 0.1) is 0 Å². The van der Waals surface area contributed by atoms with Crippen molar-refractivity contribution in [2.75, 3.05) is 13.1 Å². The minimum absolute atomic E-state index is 0.131. The molecule has 1 fully saturated rings. The molecular formula is C25H28BrCl2N3O2. The Morgan fingerprint density at radius 3 is 2.48 bits per heavy atom. The van der Waals surface area contributed by atoms with Gasteiger partial charge in [0.1, 0.15) is 0 Å². The Kier molecular flexibility index (Phi) is 9.36. The van der Waals surface area contributed by atoms with Crippen molar-refractivity contribution >= 4 is 56.7 Å². The van der Waals surface area contributed by atoms with Gasteiger partial charge in [0.15, 0.2) is 0 Å². The standard InChI is InChI=1S/C23H22BrCl2N3O2.C2H6/c24-17-8-6-16(7-9-17)23-20(28-11-3-1-2-4-21(28)30)14-29(27-23)22(31)13-15-5-10-18(25)19(26)12-15;1-2/h5-10,12,20H,1-4,11,13-14H2;1-2H3. The number of amides is 2. The molecule has 0 bridgehead atoms. The molecule has 2 aromatic rings. The zero-order valence-electron chi connectivity index (χ0n) is 18.9. The zero-order valence-corrected chi connectivity index (χ0v) is 22.0. The van der Waals surface area contributed by atoms with E-state index in [-0.39, 0.29) is 24.3 Å². The summed E-state index contributed by atoms with van der Waals surface area (Å²) in [6.45, 7) is 5.05. The van der Waals surface area contributed by atoms with Crippen molar-refractivity contribution in [2.45, 2.75) is 52.0 Å². The lowest BCUT2D eigenvalue weighted by atomic mass is 10.0. The molecule has 1 unspecified atom stereocenters. The van der Waals surface area contributed by atoms with Gasteiger partial charge in [-0.2, -0.15) is 5.10 Å². The fraction of sp³-hybridized carbons (Fsp3) is 0.400. The number of carbonyl (C=O) groups excluding carboxylic acids is 2. The molecule has 1 atom stereocenters. The lowest BCUT2D eigenvalue weighted by Crippen LogP contribution is -2.47. The third-order valence-corrected chi connectivity index (χ3v) is 6.91. The summed E-state index contributed by atoms with van der Waals surface area (Å²) in [5, 5.41) is 7.04. The van der Waals surface area contributed by atoms with Gasteiger partial charge in [0.25, 0.3) is 0 Å². The minimum Gasteiger partial charge on any atom is -0.332 e. The molecule has 2 heterocycles. The molecule has 33 heavy (non-hydrogen) atoms. The molecule has 4 rings (SSSR count). The molecule has 2 amide bonds. The van der Waals surface area contributed by atoms with Gasteiger partial charge in [-0.3, -0.25) is 9.59 Å². The molecule has 0 N–H and O–H groups in total. The molecule has 8 heteroatoms. The Hall–Kier alpha value is -1.89. The van der Waals surface area contributed by atoms with Gasteiger partial charge in [0.05, 0.1) is 34.8 Å². The maximum atomic E-state index is 13.1. The van der Waals surface area contributed by atoms with Crippen LogP contribution in [0.4, 0.5) is 0 Å². The lowest BCUT2D eigenvalue weighted by Gasteiger charge is -2.28. The smallest absolute Gasteiger partial charge is 0.247 e. The molecule has 1 saturated heterocycles. The van der Waals surface area contributed by atoms with E-state index in [0.717, 1.165) is 40.6 Å². The quantitative estimate of drug-likeness (QED) is 0.444. The van der Waals surface area contributed by atoms with Crippen molar-refractivity contribution in [3.8, 4) is 0 Å². The number of likely N-dealkylation sites (tertiary alicyclic amines) is 1.